The number of carbonyl (C=O) groups excluding carboxylic acids is 2. The number of nitrogens with one attached hydrogen (secondary N) is 2. The number of rotatable bonds is 17. The summed E-state index contributed by atoms with van der Waals surface area (Å²) in [6.45, 7) is 1.27. The largest absolute Gasteiger partial charge is 0.477 e. The Kier molecular flexibility index (Phi) is 17.9. The molecule has 4 aliphatic heterocycles. The molecule has 21 atom stereocenters. The van der Waals surface area contributed by atoms with E-state index in [0.29, 0.717) is 0 Å². The first-order valence-corrected chi connectivity index (χ1v) is 19.1. The molecule has 4 fully saturated rings. The van der Waals surface area contributed by atoms with Crippen LogP contribution in [0.15, 0.2) is 0 Å². The van der Waals surface area contributed by atoms with Crippen molar-refractivity contribution in [3.05, 3.63) is 0 Å². The van der Waals surface area contributed by atoms with Gasteiger partial charge in [-0.1, -0.05) is 0 Å². The van der Waals surface area contributed by atoms with Crippen LogP contribution in [0.25, 0.3) is 0 Å². The number of aliphatic carboxylic acids is 1. The quantitative estimate of drug-likeness (QED) is 0.0645. The summed E-state index contributed by atoms with van der Waals surface area (Å²) >= 11 is 0. The average Bonchev–Trinajstić information content (AvgIpc) is 3.19. The van der Waals surface area contributed by atoms with Gasteiger partial charge in [-0.3, -0.25) is 9.59 Å². The number of carboxylic acids is 1. The molecule has 26 nitrogen and oxygen atoms in total. The molecule has 2 amide bonds. The lowest BCUT2D eigenvalue weighted by Crippen LogP contribution is -2.72. The fraction of sp³-hybridized carbons (Fsp3) is 0.912. The molecule has 0 aromatic rings. The lowest BCUT2D eigenvalue weighted by Gasteiger charge is -2.52. The summed E-state index contributed by atoms with van der Waals surface area (Å²) < 4.78 is 45.7. The Morgan fingerprint density at radius 2 is 1.23 bits per heavy atom. The molecule has 9 unspecified atom stereocenters. The fourth-order valence-corrected chi connectivity index (χ4v) is 7.40. The van der Waals surface area contributed by atoms with Gasteiger partial charge in [0.15, 0.2) is 18.9 Å². The Morgan fingerprint density at radius 3 is 1.77 bits per heavy atom. The Morgan fingerprint density at radius 1 is 0.683 bits per heavy atom. The van der Waals surface area contributed by atoms with Crippen LogP contribution in [0.1, 0.15) is 34.1 Å². The summed E-state index contributed by atoms with van der Waals surface area (Å²) in [5.41, 5.74) is 0. The number of ether oxygens (including phenoxy) is 8. The van der Waals surface area contributed by atoms with Crippen LogP contribution in [0.4, 0.5) is 0 Å². The van der Waals surface area contributed by atoms with Crippen molar-refractivity contribution in [2.24, 2.45) is 0 Å². The van der Waals surface area contributed by atoms with Crippen LogP contribution in [-0.2, 0) is 52.3 Å². The van der Waals surface area contributed by atoms with Crippen molar-refractivity contribution >= 4 is 17.8 Å². The molecule has 0 bridgehead atoms. The van der Waals surface area contributed by atoms with Gasteiger partial charge >= 0.3 is 5.97 Å². The van der Waals surface area contributed by atoms with Crippen molar-refractivity contribution in [1.29, 1.82) is 0 Å². The van der Waals surface area contributed by atoms with Crippen LogP contribution in [0, 0.1) is 0 Å². The molecular formula is C34H58N2O24. The van der Waals surface area contributed by atoms with Gasteiger partial charge in [-0.25, -0.2) is 4.79 Å². The molecule has 4 rings (SSSR count). The third-order valence-corrected chi connectivity index (χ3v) is 10.4. The summed E-state index contributed by atoms with van der Waals surface area (Å²) in [5, 5.41) is 143. The average molecular weight is 879 g/mol. The second kappa shape index (κ2) is 21.3. The first kappa shape index (κ1) is 50.3. The zero-order chi connectivity index (χ0) is 45.0. The van der Waals surface area contributed by atoms with Gasteiger partial charge in [-0.05, 0) is 13.8 Å². The van der Waals surface area contributed by atoms with Gasteiger partial charge < -0.3 is 115 Å². The van der Waals surface area contributed by atoms with Crippen LogP contribution >= 0.6 is 0 Å². The van der Waals surface area contributed by atoms with Gasteiger partial charge in [0, 0.05) is 20.3 Å². The third-order valence-electron chi connectivity index (χ3n) is 10.4. The maximum Gasteiger partial charge on any atom is 0.364 e. The minimum Gasteiger partial charge on any atom is -0.477 e. The summed E-state index contributed by atoms with van der Waals surface area (Å²) in [4.78, 5) is 38.1. The molecule has 60 heavy (non-hydrogen) atoms. The lowest BCUT2D eigenvalue weighted by atomic mass is 9.87. The topological polar surface area (TPSA) is 412 Å². The van der Waals surface area contributed by atoms with Crippen molar-refractivity contribution < 1.29 is 119 Å². The molecule has 0 radical (unpaired) electrons. The third kappa shape index (κ3) is 11.0. The standard InChI is InChI=1S/C34H58N2O24/c1-10(2)53-31-25(49)24(48)27(17(9-40)57-31)58-32-26(50)29(22(46)16(8-39)56-32)60-34(33(51)52)5-14(18(35-11(3)41)28(59-34)20(44)13(43)6-37)54-30-19(36-12(4)42)23(47)21(45)15(7-38)55-30/h10,13-32,37-40,43-50H,5-9H2,1-4H3,(H,35,41)(H,36,42)(H,51,52)/t13-,14-,15?,16?,17?,18-,19?,20-,21+,22+,23?,24?,25+,26?,27-,28?,29?,30-,31-,32+,34+/m1/s1. The van der Waals surface area contributed by atoms with E-state index in [2.05, 4.69) is 10.6 Å². The highest BCUT2D eigenvalue weighted by Crippen LogP contribution is 2.40. The molecule has 0 aliphatic carbocycles. The van der Waals surface area contributed by atoms with E-state index in [1.165, 1.54) is 0 Å². The molecule has 4 aliphatic rings. The molecule has 26 heteroatoms. The normalized spacial score (nSPS) is 43.5. The summed E-state index contributed by atoms with van der Waals surface area (Å²) in [7, 11) is 0. The van der Waals surface area contributed by atoms with E-state index in [1.54, 1.807) is 13.8 Å². The minimum atomic E-state index is -3.24. The molecule has 0 aromatic heterocycles. The Balaban J connectivity index is 1.76. The van der Waals surface area contributed by atoms with Crippen LogP contribution in [0.2, 0.25) is 0 Å². The zero-order valence-electron chi connectivity index (χ0n) is 33.0. The molecular weight excluding hydrogens is 820 g/mol. The van der Waals surface area contributed by atoms with E-state index in [0.717, 1.165) is 13.8 Å². The van der Waals surface area contributed by atoms with E-state index >= 15 is 0 Å². The van der Waals surface area contributed by atoms with Crippen molar-refractivity contribution in [3.63, 3.8) is 0 Å². The Hall–Kier alpha value is -2.39. The smallest absolute Gasteiger partial charge is 0.364 e. The van der Waals surface area contributed by atoms with Crippen molar-refractivity contribution in [2.75, 3.05) is 26.4 Å². The number of carboxylic acid groups (broad SMARTS) is 1. The zero-order valence-corrected chi connectivity index (χ0v) is 33.0. The number of amides is 2. The van der Waals surface area contributed by atoms with E-state index in [-0.39, 0.29) is 0 Å². The number of hydrogen-bond donors (Lipinski definition) is 15. The van der Waals surface area contributed by atoms with Gasteiger partial charge in [0.05, 0.1) is 44.7 Å². The Bertz CT molecular complexity index is 1410. The van der Waals surface area contributed by atoms with Gasteiger partial charge in [0.2, 0.25) is 11.8 Å². The van der Waals surface area contributed by atoms with E-state index in [1.807, 2.05) is 0 Å². The van der Waals surface area contributed by atoms with Gasteiger partial charge in [-0.15, -0.1) is 0 Å². The molecule has 0 saturated carbocycles. The maximum absolute atomic E-state index is 13.4. The number of hydrogen-bond acceptors (Lipinski definition) is 23. The van der Waals surface area contributed by atoms with Crippen molar-refractivity contribution in [2.45, 2.75) is 169 Å². The number of carbonyl (C=O) groups is 3. The molecule has 348 valence electrons. The molecule has 0 aromatic carbocycles. The SMILES string of the molecule is CC(=O)NC1C(O)[C@@H](O)C(CO)O[C@H]1O[C@@H]1C[C@](OC2C(O)[C@H](O[C@@H]3C(CO)O[C@@H](OC(C)C)[C@@H](O)C3O)OC(CO)[C@@H]2O)(C(=O)O)OC([C@H](O)[C@H](O)CO)[C@@H]1NC(C)=O. The van der Waals surface area contributed by atoms with Crippen LogP contribution in [0.3, 0.4) is 0 Å². The van der Waals surface area contributed by atoms with Crippen molar-refractivity contribution in [1.82, 2.24) is 10.6 Å². The molecule has 0 spiro atoms. The highest BCUT2D eigenvalue weighted by Gasteiger charge is 2.61. The molecule has 4 saturated heterocycles. The van der Waals surface area contributed by atoms with E-state index in [9.17, 15) is 80.8 Å². The summed E-state index contributed by atoms with van der Waals surface area (Å²) in [6.07, 6.45) is -36.0. The van der Waals surface area contributed by atoms with Crippen LogP contribution < -0.4 is 10.6 Å². The highest BCUT2D eigenvalue weighted by atomic mass is 16.8. The minimum absolute atomic E-state index is 0.512. The van der Waals surface area contributed by atoms with Crippen molar-refractivity contribution in [3.8, 4) is 0 Å². The summed E-state index contributed by atoms with van der Waals surface area (Å²) in [5.74, 6) is -6.95. The highest BCUT2D eigenvalue weighted by molar-refractivity contribution is 5.77. The molecule has 4 heterocycles. The van der Waals surface area contributed by atoms with Crippen LogP contribution in [0.5, 0.6) is 0 Å². The van der Waals surface area contributed by atoms with Crippen LogP contribution in [-0.4, -0.2) is 245 Å². The van der Waals surface area contributed by atoms with E-state index < -0.39 is 185 Å². The van der Waals surface area contributed by atoms with Gasteiger partial charge in [0.1, 0.15) is 91.5 Å². The van der Waals surface area contributed by atoms with E-state index in [4.69, 9.17) is 37.9 Å². The number of aliphatic hydroxyl groups is 12. The van der Waals surface area contributed by atoms with Gasteiger partial charge in [-0.2, -0.15) is 0 Å². The number of aliphatic hydroxyl groups excluding tert-OH is 12. The first-order chi connectivity index (χ1) is 28.1. The predicted octanol–water partition coefficient (Wildman–Crippen LogP) is -8.82. The summed E-state index contributed by atoms with van der Waals surface area (Å²) in [6, 6.07) is -3.38. The molecule has 15 N–H and O–H groups in total. The second-order valence-electron chi connectivity index (χ2n) is 15.2. The lowest BCUT2D eigenvalue weighted by molar-refractivity contribution is -0.391. The second-order valence-corrected chi connectivity index (χ2v) is 15.2. The van der Waals surface area contributed by atoms with Gasteiger partial charge in [0.25, 0.3) is 5.79 Å². The fourth-order valence-electron chi connectivity index (χ4n) is 7.40. The predicted molar refractivity (Wildman–Crippen MR) is 188 cm³/mol. The first-order valence-electron chi connectivity index (χ1n) is 19.1. The monoisotopic (exact) mass is 878 g/mol. The maximum atomic E-state index is 13.4. The Labute approximate surface area is 342 Å².